The highest BCUT2D eigenvalue weighted by atomic mass is 19.1. The lowest BCUT2D eigenvalue weighted by Gasteiger charge is -2.31. The quantitative estimate of drug-likeness (QED) is 0.756. The molecule has 1 aromatic carbocycles. The molecule has 0 radical (unpaired) electrons. The first-order valence-corrected chi connectivity index (χ1v) is 6.97. The van der Waals surface area contributed by atoms with Gasteiger partial charge in [0.2, 0.25) is 5.91 Å². The molecule has 0 aliphatic rings. The van der Waals surface area contributed by atoms with E-state index in [1.807, 2.05) is 25.7 Å². The van der Waals surface area contributed by atoms with E-state index in [2.05, 4.69) is 5.32 Å². The van der Waals surface area contributed by atoms with Crippen LogP contribution in [0.5, 0.6) is 0 Å². The Kier molecular flexibility index (Phi) is 6.58. The highest BCUT2D eigenvalue weighted by molar-refractivity contribution is 5.97. The molecule has 1 aromatic rings. The van der Waals surface area contributed by atoms with Crippen molar-refractivity contribution in [2.75, 3.05) is 31.3 Å². The van der Waals surface area contributed by atoms with Crippen LogP contribution < -0.4 is 11.1 Å². The Morgan fingerprint density at radius 1 is 1.43 bits per heavy atom. The molecule has 1 unspecified atom stereocenters. The van der Waals surface area contributed by atoms with Crippen LogP contribution in [0.15, 0.2) is 18.2 Å². The number of hydrogen-bond donors (Lipinski definition) is 2. The van der Waals surface area contributed by atoms with Crippen LogP contribution in [-0.2, 0) is 9.53 Å². The fraction of sp³-hybridized carbons (Fsp3) is 0.533. The van der Waals surface area contributed by atoms with Gasteiger partial charge in [-0.2, -0.15) is 0 Å². The van der Waals surface area contributed by atoms with Gasteiger partial charge < -0.3 is 15.8 Å². The first-order valence-electron chi connectivity index (χ1n) is 6.97. The largest absolute Gasteiger partial charge is 0.397 e. The van der Waals surface area contributed by atoms with Crippen molar-refractivity contribution in [2.24, 2.45) is 0 Å². The van der Waals surface area contributed by atoms with Crippen LogP contribution in [-0.4, -0.2) is 43.2 Å². The number of halogens is 1. The first-order chi connectivity index (χ1) is 9.86. The molecule has 1 atom stereocenters. The molecule has 0 aliphatic carbocycles. The molecule has 1 rings (SSSR count). The number of nitrogens with zero attached hydrogens (tertiary/aromatic N) is 1. The zero-order chi connectivity index (χ0) is 16.0. The summed E-state index contributed by atoms with van der Waals surface area (Å²) in [4.78, 5) is 14.3. The van der Waals surface area contributed by atoms with Crippen molar-refractivity contribution >= 4 is 17.3 Å². The average molecular weight is 297 g/mol. The van der Waals surface area contributed by atoms with Gasteiger partial charge >= 0.3 is 0 Å². The Morgan fingerprint density at radius 2 is 2.10 bits per heavy atom. The zero-order valence-electron chi connectivity index (χ0n) is 13.0. The van der Waals surface area contributed by atoms with Crippen molar-refractivity contribution in [3.63, 3.8) is 0 Å². The third-order valence-electron chi connectivity index (χ3n) is 3.37. The molecule has 0 saturated heterocycles. The second-order valence-electron chi connectivity index (χ2n) is 5.22. The van der Waals surface area contributed by atoms with Gasteiger partial charge in [0, 0.05) is 19.7 Å². The van der Waals surface area contributed by atoms with Crippen molar-refractivity contribution in [1.29, 1.82) is 0 Å². The van der Waals surface area contributed by atoms with E-state index in [1.165, 1.54) is 18.2 Å². The number of carbonyl (C=O) groups is 1. The summed E-state index contributed by atoms with van der Waals surface area (Å²) in [6.07, 6.45) is 0. The van der Waals surface area contributed by atoms with E-state index < -0.39 is 5.82 Å². The number of rotatable bonds is 7. The molecule has 118 valence electrons. The van der Waals surface area contributed by atoms with E-state index in [1.54, 1.807) is 7.11 Å². The molecular weight excluding hydrogens is 273 g/mol. The molecule has 0 bridgehead atoms. The van der Waals surface area contributed by atoms with Gasteiger partial charge in [0.25, 0.3) is 0 Å². The molecule has 0 saturated carbocycles. The van der Waals surface area contributed by atoms with Crippen LogP contribution in [0.4, 0.5) is 15.8 Å². The Balaban J connectivity index is 2.76. The van der Waals surface area contributed by atoms with Crippen LogP contribution in [0.1, 0.15) is 20.8 Å². The van der Waals surface area contributed by atoms with Crippen molar-refractivity contribution in [3.05, 3.63) is 24.0 Å². The number of methoxy groups -OCH3 is 1. The summed E-state index contributed by atoms with van der Waals surface area (Å²) in [6, 6.07) is 3.77. The molecule has 0 aliphatic heterocycles. The number of nitrogens with two attached hydrogens (primary N) is 1. The van der Waals surface area contributed by atoms with Crippen LogP contribution in [0, 0.1) is 5.82 Å². The smallest absolute Gasteiger partial charge is 0.241 e. The second kappa shape index (κ2) is 7.95. The number of nitrogen functional groups attached to an aromatic ring is 1. The van der Waals surface area contributed by atoms with Crippen LogP contribution >= 0.6 is 0 Å². The molecule has 3 N–H and O–H groups in total. The minimum absolute atomic E-state index is 0.182. The van der Waals surface area contributed by atoms with E-state index in [0.717, 1.165) is 0 Å². The lowest BCUT2D eigenvalue weighted by atomic mass is 10.2. The minimum atomic E-state index is -0.428. The monoisotopic (exact) mass is 297 g/mol. The maximum absolute atomic E-state index is 13.0. The Hall–Kier alpha value is -1.66. The predicted octanol–water partition coefficient (Wildman–Crippen LogP) is 2.09. The number of hydrogen-bond acceptors (Lipinski definition) is 4. The molecular formula is C15H24FN3O2. The SMILES string of the molecule is COCCN(C(C)C)C(C)C(=O)Nc1ccc(F)cc1N. The average Bonchev–Trinajstić information content (AvgIpc) is 2.41. The number of carbonyl (C=O) groups excluding carboxylic acids is 1. The van der Waals surface area contributed by atoms with Gasteiger partial charge in [-0.05, 0) is 39.0 Å². The molecule has 6 heteroatoms. The van der Waals surface area contributed by atoms with E-state index in [-0.39, 0.29) is 23.7 Å². The molecule has 0 fully saturated rings. The van der Waals surface area contributed by atoms with Crippen molar-refractivity contribution in [2.45, 2.75) is 32.9 Å². The maximum atomic E-state index is 13.0. The number of benzene rings is 1. The maximum Gasteiger partial charge on any atom is 0.241 e. The summed E-state index contributed by atoms with van der Waals surface area (Å²) in [5, 5.41) is 2.74. The molecule has 1 amide bonds. The Labute approximate surface area is 125 Å². The molecule has 0 aromatic heterocycles. The molecule has 5 nitrogen and oxygen atoms in total. The first kappa shape index (κ1) is 17.4. The lowest BCUT2D eigenvalue weighted by molar-refractivity contribution is -0.121. The highest BCUT2D eigenvalue weighted by Gasteiger charge is 2.23. The summed E-state index contributed by atoms with van der Waals surface area (Å²) < 4.78 is 18.1. The van der Waals surface area contributed by atoms with Crippen molar-refractivity contribution < 1.29 is 13.9 Å². The van der Waals surface area contributed by atoms with E-state index >= 15 is 0 Å². The van der Waals surface area contributed by atoms with Crippen LogP contribution in [0.25, 0.3) is 0 Å². The van der Waals surface area contributed by atoms with Gasteiger partial charge in [-0.25, -0.2) is 4.39 Å². The summed E-state index contributed by atoms with van der Waals surface area (Å²) >= 11 is 0. The van der Waals surface area contributed by atoms with Gasteiger partial charge in [-0.1, -0.05) is 0 Å². The second-order valence-corrected chi connectivity index (χ2v) is 5.22. The van der Waals surface area contributed by atoms with Crippen LogP contribution in [0.3, 0.4) is 0 Å². The molecule has 0 heterocycles. The Bertz CT molecular complexity index is 480. The topological polar surface area (TPSA) is 67.6 Å². The third-order valence-corrected chi connectivity index (χ3v) is 3.37. The molecule has 21 heavy (non-hydrogen) atoms. The number of nitrogens with one attached hydrogen (secondary N) is 1. The minimum Gasteiger partial charge on any atom is -0.397 e. The van der Waals surface area contributed by atoms with Gasteiger partial charge in [-0.15, -0.1) is 0 Å². The Morgan fingerprint density at radius 3 is 2.62 bits per heavy atom. The third kappa shape index (κ3) is 4.99. The normalized spacial score (nSPS) is 12.7. The fourth-order valence-corrected chi connectivity index (χ4v) is 2.13. The fourth-order valence-electron chi connectivity index (χ4n) is 2.13. The zero-order valence-corrected chi connectivity index (χ0v) is 13.0. The van der Waals surface area contributed by atoms with Gasteiger partial charge in [0.1, 0.15) is 5.82 Å². The van der Waals surface area contributed by atoms with Gasteiger partial charge in [0.05, 0.1) is 24.0 Å². The summed E-state index contributed by atoms with van der Waals surface area (Å²) in [6.45, 7) is 7.07. The summed E-state index contributed by atoms with van der Waals surface area (Å²) in [5.41, 5.74) is 6.33. The molecule has 0 spiro atoms. The summed E-state index contributed by atoms with van der Waals surface area (Å²) in [5.74, 6) is -0.611. The number of ether oxygens (including phenoxy) is 1. The van der Waals surface area contributed by atoms with Gasteiger partial charge in [-0.3, -0.25) is 9.69 Å². The van der Waals surface area contributed by atoms with Gasteiger partial charge in [0.15, 0.2) is 0 Å². The highest BCUT2D eigenvalue weighted by Crippen LogP contribution is 2.20. The predicted molar refractivity (Wildman–Crippen MR) is 82.6 cm³/mol. The van der Waals surface area contributed by atoms with E-state index in [0.29, 0.717) is 18.8 Å². The number of amides is 1. The standard InChI is InChI=1S/C15H24FN3O2/c1-10(2)19(7-8-21-4)11(3)15(20)18-14-6-5-12(16)9-13(14)17/h5-6,9-11H,7-8,17H2,1-4H3,(H,18,20). The van der Waals surface area contributed by atoms with E-state index in [9.17, 15) is 9.18 Å². The van der Waals surface area contributed by atoms with Crippen molar-refractivity contribution in [1.82, 2.24) is 4.90 Å². The summed E-state index contributed by atoms with van der Waals surface area (Å²) in [7, 11) is 1.63. The van der Waals surface area contributed by atoms with Crippen LogP contribution in [0.2, 0.25) is 0 Å². The van der Waals surface area contributed by atoms with E-state index in [4.69, 9.17) is 10.5 Å². The van der Waals surface area contributed by atoms with Crippen molar-refractivity contribution in [3.8, 4) is 0 Å². The number of anilines is 2. The lowest BCUT2D eigenvalue weighted by Crippen LogP contribution is -2.47.